The molecular weight excluding hydrogens is 554 g/mol. The first-order valence-corrected chi connectivity index (χ1v) is 12.8. The van der Waals surface area contributed by atoms with Crippen molar-refractivity contribution in [2.24, 2.45) is 0 Å². The molecule has 2 saturated heterocycles. The lowest BCUT2D eigenvalue weighted by Crippen LogP contribution is -2.39. The molecule has 0 aliphatic carbocycles. The zero-order valence-electron chi connectivity index (χ0n) is 18.3. The number of nitrogens with one attached hydrogen (secondary N) is 1. The van der Waals surface area contributed by atoms with E-state index in [2.05, 4.69) is 21.2 Å². The summed E-state index contributed by atoms with van der Waals surface area (Å²) >= 11 is 4.98. The third-order valence-electron chi connectivity index (χ3n) is 4.99. The number of amides is 5. The lowest BCUT2D eigenvalue weighted by Gasteiger charge is -2.17. The van der Waals surface area contributed by atoms with E-state index in [9.17, 15) is 24.0 Å². The third kappa shape index (κ3) is 5.92. The van der Waals surface area contributed by atoms with Crippen molar-refractivity contribution in [3.05, 3.63) is 73.9 Å². The predicted molar refractivity (Wildman–Crippen MR) is 140 cm³/mol. The molecule has 8 nitrogen and oxygen atoms in total. The van der Waals surface area contributed by atoms with Crippen LogP contribution in [-0.4, -0.2) is 51.1 Å². The van der Waals surface area contributed by atoms with Crippen LogP contribution in [0.25, 0.3) is 12.2 Å². The van der Waals surface area contributed by atoms with Gasteiger partial charge >= 0.3 is 0 Å². The van der Waals surface area contributed by atoms with E-state index in [0.29, 0.717) is 11.3 Å². The topological polar surface area (TPSA) is 104 Å². The molecule has 178 valence electrons. The smallest absolute Gasteiger partial charge is 0.293 e. The van der Waals surface area contributed by atoms with Crippen LogP contribution in [0.15, 0.2) is 62.8 Å². The monoisotopic (exact) mass is 571 g/mol. The molecule has 11 heteroatoms. The Balaban J connectivity index is 1.40. The van der Waals surface area contributed by atoms with E-state index in [1.54, 1.807) is 36.4 Å². The minimum atomic E-state index is -0.483. The number of carbonyl (C=O) groups excluding carboxylic acids is 5. The largest absolute Gasteiger partial charge is 0.326 e. The van der Waals surface area contributed by atoms with E-state index >= 15 is 0 Å². The highest BCUT2D eigenvalue weighted by Gasteiger charge is 2.39. The van der Waals surface area contributed by atoms with Gasteiger partial charge in [-0.05, 0) is 71.1 Å². The van der Waals surface area contributed by atoms with Crippen LogP contribution in [-0.2, 0) is 14.4 Å². The number of benzene rings is 2. The minimum absolute atomic E-state index is 0.0842. The van der Waals surface area contributed by atoms with E-state index in [-0.39, 0.29) is 28.8 Å². The van der Waals surface area contributed by atoms with Crippen molar-refractivity contribution < 1.29 is 24.0 Å². The van der Waals surface area contributed by atoms with Gasteiger partial charge in [0.05, 0.1) is 9.81 Å². The molecule has 4 rings (SSSR count). The molecule has 0 unspecified atom stereocenters. The zero-order chi connectivity index (χ0) is 25.1. The molecule has 1 N–H and O–H groups in total. The molecule has 2 aromatic carbocycles. The summed E-state index contributed by atoms with van der Waals surface area (Å²) in [5.41, 5.74) is 2.09. The van der Waals surface area contributed by atoms with Gasteiger partial charge in [0.1, 0.15) is 0 Å². The summed E-state index contributed by atoms with van der Waals surface area (Å²) in [5.74, 6) is -1.13. The molecule has 0 radical (unpaired) electrons. The van der Waals surface area contributed by atoms with Gasteiger partial charge in [-0.15, -0.1) is 0 Å². The molecule has 2 aliphatic rings. The third-order valence-corrected chi connectivity index (χ3v) is 7.33. The van der Waals surface area contributed by atoms with Gasteiger partial charge in [0.25, 0.3) is 22.3 Å². The number of halogens is 1. The van der Waals surface area contributed by atoms with Gasteiger partial charge in [-0.25, -0.2) is 0 Å². The van der Waals surface area contributed by atoms with E-state index in [4.69, 9.17) is 0 Å². The van der Waals surface area contributed by atoms with Crippen molar-refractivity contribution in [2.75, 3.05) is 18.4 Å². The molecule has 2 heterocycles. The molecule has 2 fully saturated rings. The van der Waals surface area contributed by atoms with E-state index in [1.165, 1.54) is 6.92 Å². The average Bonchev–Trinajstić information content (AvgIpc) is 3.23. The molecule has 0 aromatic heterocycles. The average molecular weight is 572 g/mol. The van der Waals surface area contributed by atoms with Gasteiger partial charge in [0.15, 0.2) is 0 Å². The van der Waals surface area contributed by atoms with E-state index < -0.39 is 22.3 Å². The summed E-state index contributed by atoms with van der Waals surface area (Å²) in [5, 5.41) is 1.75. The summed E-state index contributed by atoms with van der Waals surface area (Å²) in [4.78, 5) is 64.1. The van der Waals surface area contributed by atoms with Crippen LogP contribution in [0, 0.1) is 0 Å². The maximum atomic E-state index is 12.8. The maximum absolute atomic E-state index is 12.8. The quantitative estimate of drug-likeness (QED) is 0.476. The Bertz CT molecular complexity index is 1290. The number of hydrogen-bond donors (Lipinski definition) is 1. The Morgan fingerprint density at radius 3 is 1.66 bits per heavy atom. The van der Waals surface area contributed by atoms with E-state index in [1.807, 2.05) is 24.3 Å². The number of nitrogens with zero attached hydrogens (tertiary/aromatic N) is 2. The highest BCUT2D eigenvalue weighted by Crippen LogP contribution is 2.34. The first-order chi connectivity index (χ1) is 16.7. The minimum Gasteiger partial charge on any atom is -0.326 e. The molecule has 2 aliphatic heterocycles. The second kappa shape index (κ2) is 10.6. The van der Waals surface area contributed by atoms with Crippen molar-refractivity contribution >= 4 is 85.5 Å². The second-order valence-corrected chi connectivity index (χ2v) is 10.4. The first kappa shape index (κ1) is 25.0. The fourth-order valence-electron chi connectivity index (χ4n) is 3.31. The molecule has 5 amide bonds. The Kier molecular flexibility index (Phi) is 7.58. The number of thioether (sulfide) groups is 2. The maximum Gasteiger partial charge on any atom is 0.293 e. The van der Waals surface area contributed by atoms with Crippen LogP contribution in [0.1, 0.15) is 18.1 Å². The van der Waals surface area contributed by atoms with Crippen molar-refractivity contribution in [2.45, 2.75) is 6.92 Å². The van der Waals surface area contributed by atoms with Gasteiger partial charge in [0.2, 0.25) is 5.91 Å². The van der Waals surface area contributed by atoms with Crippen LogP contribution >= 0.6 is 39.5 Å². The summed E-state index contributed by atoms with van der Waals surface area (Å²) in [7, 11) is 0. The number of anilines is 1. The molecule has 2 aromatic rings. The highest BCUT2D eigenvalue weighted by molar-refractivity contribution is 9.10. The molecule has 0 atom stereocenters. The fourth-order valence-corrected chi connectivity index (χ4v) is 5.31. The Hall–Kier alpha value is -3.15. The van der Waals surface area contributed by atoms with Gasteiger partial charge in [-0.1, -0.05) is 40.2 Å². The van der Waals surface area contributed by atoms with Gasteiger partial charge in [0, 0.05) is 30.2 Å². The summed E-state index contributed by atoms with van der Waals surface area (Å²) in [6.07, 6.45) is 3.22. The molecule has 35 heavy (non-hydrogen) atoms. The number of hydrogen-bond acceptors (Lipinski definition) is 7. The summed E-state index contributed by atoms with van der Waals surface area (Å²) in [6.45, 7) is 1.23. The molecule has 0 bridgehead atoms. The molecule has 0 spiro atoms. The van der Waals surface area contributed by atoms with Crippen LogP contribution in [0.5, 0.6) is 0 Å². The number of carbonyl (C=O) groups is 5. The van der Waals surface area contributed by atoms with Crippen LogP contribution in [0.4, 0.5) is 15.3 Å². The van der Waals surface area contributed by atoms with Gasteiger partial charge < -0.3 is 5.32 Å². The lowest BCUT2D eigenvalue weighted by molar-refractivity contribution is -0.125. The number of rotatable bonds is 6. The van der Waals surface area contributed by atoms with E-state index in [0.717, 1.165) is 43.4 Å². The fraction of sp³-hybridized carbons (Fsp3) is 0.125. The van der Waals surface area contributed by atoms with Crippen molar-refractivity contribution in [1.82, 2.24) is 9.80 Å². The summed E-state index contributed by atoms with van der Waals surface area (Å²) in [6, 6.07) is 14.1. The van der Waals surface area contributed by atoms with Crippen molar-refractivity contribution in [3.8, 4) is 0 Å². The zero-order valence-corrected chi connectivity index (χ0v) is 21.5. The standard InChI is InChI=1S/C24H18BrN3O5S2/c1-14(29)26-18-8-4-16(5-9-18)13-20-22(31)28(24(33)35-20)11-10-27-21(30)19(34-23(27)32)12-15-2-6-17(25)7-3-15/h2-9,12-13H,10-11H2,1H3,(H,26,29)/b19-12-,20-13-. The van der Waals surface area contributed by atoms with Gasteiger partial charge in [-0.2, -0.15) is 0 Å². The van der Waals surface area contributed by atoms with Gasteiger partial charge in [-0.3, -0.25) is 33.8 Å². The Morgan fingerprint density at radius 2 is 1.23 bits per heavy atom. The van der Waals surface area contributed by atoms with Crippen molar-refractivity contribution in [1.29, 1.82) is 0 Å². The SMILES string of the molecule is CC(=O)Nc1ccc(/C=C2\SC(=O)N(CCN3C(=O)S/C(=C\c4ccc(Br)cc4)C3=O)C2=O)cc1. The molecule has 0 saturated carbocycles. The first-order valence-electron chi connectivity index (χ1n) is 10.4. The number of imide groups is 2. The van der Waals surface area contributed by atoms with Crippen molar-refractivity contribution in [3.63, 3.8) is 0 Å². The highest BCUT2D eigenvalue weighted by atomic mass is 79.9. The molecular formula is C24H18BrN3O5S2. The van der Waals surface area contributed by atoms with Crippen LogP contribution in [0.3, 0.4) is 0 Å². The Morgan fingerprint density at radius 1 is 0.800 bits per heavy atom. The lowest BCUT2D eigenvalue weighted by atomic mass is 10.2. The second-order valence-electron chi connectivity index (χ2n) is 7.52. The predicted octanol–water partition coefficient (Wildman–Crippen LogP) is 5.18. The normalized spacial score (nSPS) is 18.3. The summed E-state index contributed by atoms with van der Waals surface area (Å²) < 4.78 is 0.899. The Labute approximate surface area is 217 Å². The van der Waals surface area contributed by atoms with Crippen LogP contribution < -0.4 is 5.32 Å². The van der Waals surface area contributed by atoms with Crippen LogP contribution in [0.2, 0.25) is 0 Å².